The Kier molecular flexibility index (Phi) is 3.78. The van der Waals surface area contributed by atoms with E-state index in [1.54, 1.807) is 0 Å². The van der Waals surface area contributed by atoms with Gasteiger partial charge in [0.25, 0.3) is 5.89 Å². The van der Waals surface area contributed by atoms with E-state index in [0.717, 1.165) is 34.5 Å². The number of nitrogens with zero attached hydrogens (tertiary/aromatic N) is 2. The Hall–Kier alpha value is -1.36. The van der Waals surface area contributed by atoms with E-state index < -0.39 is 0 Å². The van der Waals surface area contributed by atoms with Crippen molar-refractivity contribution in [2.24, 2.45) is 11.3 Å². The zero-order valence-electron chi connectivity index (χ0n) is 12.9. The molecule has 0 atom stereocenters. The number of rotatable bonds is 2. The average molecular weight is 305 g/mol. The highest BCUT2D eigenvalue weighted by Crippen LogP contribution is 2.42. The molecule has 2 N–H and O–H groups in total. The van der Waals surface area contributed by atoms with Gasteiger partial charge < -0.3 is 10.3 Å². The molecule has 114 valence electrons. The second kappa shape index (κ2) is 5.44. The van der Waals surface area contributed by atoms with Crippen LogP contribution in [0, 0.1) is 11.3 Å². The van der Waals surface area contributed by atoms with Gasteiger partial charge in [0.2, 0.25) is 0 Å². The molecule has 1 aliphatic rings. The molecule has 1 saturated carbocycles. The van der Waals surface area contributed by atoms with Crippen molar-refractivity contribution < 1.29 is 4.52 Å². The largest absolute Gasteiger partial charge is 0.391 e. The summed E-state index contributed by atoms with van der Waals surface area (Å²) < 4.78 is 5.41. The topological polar surface area (TPSA) is 64.9 Å². The van der Waals surface area contributed by atoms with Gasteiger partial charge in [-0.05, 0) is 49.1 Å². The molecular formula is C16H23N3OS. The smallest absolute Gasteiger partial charge is 0.268 e. The number of nitrogens with two attached hydrogens (primary N) is 1. The first-order valence-electron chi connectivity index (χ1n) is 7.63. The van der Waals surface area contributed by atoms with E-state index in [0.29, 0.717) is 17.2 Å². The zero-order chi connectivity index (χ0) is 15.0. The van der Waals surface area contributed by atoms with Crippen LogP contribution in [0.25, 0.3) is 10.8 Å². The highest BCUT2D eigenvalue weighted by Gasteiger charge is 2.32. The van der Waals surface area contributed by atoms with Gasteiger partial charge in [0, 0.05) is 5.92 Å². The Morgan fingerprint density at radius 3 is 2.48 bits per heavy atom. The third-order valence-electron chi connectivity index (χ3n) is 4.60. The van der Waals surface area contributed by atoms with Crippen molar-refractivity contribution in [2.75, 3.05) is 5.73 Å². The molecule has 0 amide bonds. The highest BCUT2D eigenvalue weighted by atomic mass is 32.1. The molecule has 1 aliphatic carbocycles. The summed E-state index contributed by atoms with van der Waals surface area (Å²) in [5.41, 5.74) is 6.15. The summed E-state index contributed by atoms with van der Waals surface area (Å²) in [5, 5.41) is 4.97. The van der Waals surface area contributed by atoms with Crippen molar-refractivity contribution in [1.29, 1.82) is 0 Å². The number of hydrogen-bond donors (Lipinski definition) is 1. The highest BCUT2D eigenvalue weighted by molar-refractivity contribution is 7.19. The van der Waals surface area contributed by atoms with E-state index in [4.69, 9.17) is 10.3 Å². The van der Waals surface area contributed by atoms with E-state index in [9.17, 15) is 0 Å². The van der Waals surface area contributed by atoms with Gasteiger partial charge in [0.05, 0.1) is 9.88 Å². The van der Waals surface area contributed by atoms with Crippen molar-refractivity contribution in [3.63, 3.8) is 0 Å². The lowest BCUT2D eigenvalue weighted by molar-refractivity contribution is 0.166. The Bertz CT molecular complexity index is 603. The van der Waals surface area contributed by atoms with Crippen LogP contribution in [0.2, 0.25) is 0 Å². The fourth-order valence-corrected chi connectivity index (χ4v) is 3.88. The van der Waals surface area contributed by atoms with Crippen LogP contribution in [-0.4, -0.2) is 10.1 Å². The Morgan fingerprint density at radius 1 is 1.19 bits per heavy atom. The molecule has 0 radical (unpaired) electrons. The van der Waals surface area contributed by atoms with Crippen LogP contribution in [0.3, 0.4) is 0 Å². The van der Waals surface area contributed by atoms with Gasteiger partial charge >= 0.3 is 0 Å². The van der Waals surface area contributed by atoms with Crippen molar-refractivity contribution in [3.05, 3.63) is 18.0 Å². The lowest BCUT2D eigenvalue weighted by atomic mass is 9.70. The second-order valence-electron chi connectivity index (χ2n) is 7.07. The molecule has 21 heavy (non-hydrogen) atoms. The summed E-state index contributed by atoms with van der Waals surface area (Å²) >= 11 is 1.49. The van der Waals surface area contributed by atoms with Gasteiger partial charge in [0.15, 0.2) is 5.82 Å². The van der Waals surface area contributed by atoms with Crippen molar-refractivity contribution in [3.8, 4) is 10.8 Å². The van der Waals surface area contributed by atoms with E-state index in [1.807, 2.05) is 12.1 Å². The van der Waals surface area contributed by atoms with Crippen LogP contribution in [0.1, 0.15) is 58.2 Å². The molecule has 4 nitrogen and oxygen atoms in total. The van der Waals surface area contributed by atoms with Crippen LogP contribution in [0.5, 0.6) is 0 Å². The third kappa shape index (κ3) is 3.12. The molecule has 2 heterocycles. The quantitative estimate of drug-likeness (QED) is 0.873. The minimum Gasteiger partial charge on any atom is -0.391 e. The molecule has 2 aromatic heterocycles. The minimum atomic E-state index is 0.405. The van der Waals surface area contributed by atoms with E-state index in [1.165, 1.54) is 24.2 Å². The maximum absolute atomic E-state index is 5.75. The molecule has 0 aliphatic heterocycles. The van der Waals surface area contributed by atoms with Gasteiger partial charge in [-0.25, -0.2) is 0 Å². The number of aromatic nitrogens is 2. The normalized spacial score (nSPS) is 23.4. The first-order chi connectivity index (χ1) is 9.93. The van der Waals surface area contributed by atoms with Gasteiger partial charge in [0.1, 0.15) is 0 Å². The van der Waals surface area contributed by atoms with Crippen LogP contribution < -0.4 is 5.73 Å². The predicted octanol–water partition coefficient (Wildman–Crippen LogP) is 4.70. The fraction of sp³-hybridized carbons (Fsp3) is 0.625. The Labute approximate surface area is 129 Å². The van der Waals surface area contributed by atoms with Crippen molar-refractivity contribution in [1.82, 2.24) is 10.1 Å². The van der Waals surface area contributed by atoms with Crippen LogP contribution in [0.4, 0.5) is 5.00 Å². The average Bonchev–Trinajstić information content (AvgIpc) is 3.06. The molecular weight excluding hydrogens is 282 g/mol. The standard InChI is InChI=1S/C16H23N3OS/c1-16(2,3)11-6-4-10(5-7-11)14-18-15(20-19-14)12-8-9-13(17)21-12/h8-11H,4-7,17H2,1-3H3. The van der Waals surface area contributed by atoms with Crippen LogP contribution in [0.15, 0.2) is 16.7 Å². The zero-order valence-corrected chi connectivity index (χ0v) is 13.7. The van der Waals surface area contributed by atoms with Crippen molar-refractivity contribution >= 4 is 16.3 Å². The van der Waals surface area contributed by atoms with Gasteiger partial charge in [-0.3, -0.25) is 0 Å². The third-order valence-corrected chi connectivity index (χ3v) is 5.50. The fourth-order valence-electron chi connectivity index (χ4n) is 3.19. The molecule has 0 unspecified atom stereocenters. The molecule has 0 saturated heterocycles. The lowest BCUT2D eigenvalue weighted by Gasteiger charge is -2.36. The molecule has 0 spiro atoms. The SMILES string of the molecule is CC(C)(C)C1CCC(c2noc(-c3ccc(N)s3)n2)CC1. The van der Waals surface area contributed by atoms with E-state index >= 15 is 0 Å². The number of thiophene rings is 1. The molecule has 2 aromatic rings. The second-order valence-corrected chi connectivity index (χ2v) is 8.19. The number of anilines is 1. The number of nitrogen functional groups attached to an aromatic ring is 1. The van der Waals surface area contributed by atoms with Crippen LogP contribution >= 0.6 is 11.3 Å². The Morgan fingerprint density at radius 2 is 1.90 bits per heavy atom. The van der Waals surface area contributed by atoms with Gasteiger partial charge in [-0.2, -0.15) is 4.98 Å². The molecule has 0 aromatic carbocycles. The first kappa shape index (κ1) is 14.6. The molecule has 0 bridgehead atoms. The maximum Gasteiger partial charge on any atom is 0.268 e. The number of hydrogen-bond acceptors (Lipinski definition) is 5. The molecule has 1 fully saturated rings. The van der Waals surface area contributed by atoms with Gasteiger partial charge in [-0.15, -0.1) is 11.3 Å². The minimum absolute atomic E-state index is 0.405. The van der Waals surface area contributed by atoms with Crippen molar-refractivity contribution in [2.45, 2.75) is 52.4 Å². The molecule has 5 heteroatoms. The summed E-state index contributed by atoms with van der Waals surface area (Å²) in [7, 11) is 0. The Balaban J connectivity index is 1.68. The predicted molar refractivity (Wildman–Crippen MR) is 86.2 cm³/mol. The summed E-state index contributed by atoms with van der Waals surface area (Å²) in [4.78, 5) is 5.54. The lowest BCUT2D eigenvalue weighted by Crippen LogP contribution is -2.25. The van der Waals surface area contributed by atoms with Gasteiger partial charge in [-0.1, -0.05) is 25.9 Å². The summed E-state index contributed by atoms with van der Waals surface area (Å²) in [5.74, 6) is 2.71. The molecule has 3 rings (SSSR count). The monoisotopic (exact) mass is 305 g/mol. The summed E-state index contributed by atoms with van der Waals surface area (Å²) in [6, 6.07) is 3.81. The van der Waals surface area contributed by atoms with E-state index in [2.05, 4.69) is 30.9 Å². The summed E-state index contributed by atoms with van der Waals surface area (Å²) in [6.45, 7) is 7.02. The maximum atomic E-state index is 5.75. The first-order valence-corrected chi connectivity index (χ1v) is 8.44. The van der Waals surface area contributed by atoms with E-state index in [-0.39, 0.29) is 0 Å². The summed E-state index contributed by atoms with van der Waals surface area (Å²) in [6.07, 6.45) is 4.83. The van der Waals surface area contributed by atoms with Crippen LogP contribution in [-0.2, 0) is 0 Å².